The number of aliphatic hydroxyl groups excluding tert-OH is 2. The van der Waals surface area contributed by atoms with Gasteiger partial charge < -0.3 is 14.9 Å². The first-order chi connectivity index (χ1) is 7.80. The van der Waals surface area contributed by atoms with Gasteiger partial charge in [0.1, 0.15) is 12.4 Å². The SMILES string of the molecule is CC(O)c1ccc(OCC(O)C(F)(F)F)cc1. The molecule has 0 saturated carbocycles. The number of benzene rings is 1. The highest BCUT2D eigenvalue weighted by Crippen LogP contribution is 2.22. The summed E-state index contributed by atoms with van der Waals surface area (Å²) in [5.41, 5.74) is 0.633. The maximum Gasteiger partial charge on any atom is 0.417 e. The molecule has 6 heteroatoms. The Bertz CT molecular complexity index is 346. The largest absolute Gasteiger partial charge is 0.491 e. The Morgan fingerprint density at radius 3 is 2.12 bits per heavy atom. The molecule has 1 aromatic carbocycles. The highest BCUT2D eigenvalue weighted by molar-refractivity contribution is 5.28. The minimum Gasteiger partial charge on any atom is -0.491 e. The maximum absolute atomic E-state index is 12.0. The molecule has 1 rings (SSSR count). The Labute approximate surface area is 96.5 Å². The van der Waals surface area contributed by atoms with E-state index in [1.165, 1.54) is 12.1 Å². The third-order valence-corrected chi connectivity index (χ3v) is 2.15. The summed E-state index contributed by atoms with van der Waals surface area (Å²) in [7, 11) is 0. The van der Waals surface area contributed by atoms with Gasteiger partial charge in [-0.1, -0.05) is 12.1 Å². The van der Waals surface area contributed by atoms with E-state index in [-0.39, 0.29) is 5.75 Å². The first kappa shape index (κ1) is 13.8. The Kier molecular flexibility index (Phi) is 4.36. The third kappa shape index (κ3) is 4.24. The van der Waals surface area contributed by atoms with Crippen LogP contribution in [0.5, 0.6) is 5.75 Å². The number of hydrogen-bond donors (Lipinski definition) is 2. The van der Waals surface area contributed by atoms with E-state index >= 15 is 0 Å². The van der Waals surface area contributed by atoms with E-state index in [9.17, 15) is 18.3 Å². The lowest BCUT2D eigenvalue weighted by Gasteiger charge is -2.15. The average Bonchev–Trinajstić information content (AvgIpc) is 2.25. The van der Waals surface area contributed by atoms with Gasteiger partial charge in [0.15, 0.2) is 6.10 Å². The van der Waals surface area contributed by atoms with E-state index in [2.05, 4.69) is 0 Å². The number of ether oxygens (including phenoxy) is 1. The lowest BCUT2D eigenvalue weighted by molar-refractivity contribution is -0.210. The zero-order valence-corrected chi connectivity index (χ0v) is 9.11. The van der Waals surface area contributed by atoms with Crippen LogP contribution in [0.4, 0.5) is 13.2 Å². The van der Waals surface area contributed by atoms with Gasteiger partial charge in [0.05, 0.1) is 6.10 Å². The Morgan fingerprint density at radius 2 is 1.71 bits per heavy atom. The van der Waals surface area contributed by atoms with Crippen molar-refractivity contribution < 1.29 is 28.1 Å². The van der Waals surface area contributed by atoms with Crippen LogP contribution in [0.1, 0.15) is 18.6 Å². The molecular weight excluding hydrogens is 237 g/mol. The lowest BCUT2D eigenvalue weighted by Crippen LogP contribution is -2.34. The fourth-order valence-electron chi connectivity index (χ4n) is 1.11. The average molecular weight is 250 g/mol. The molecule has 0 aromatic heterocycles. The minimum absolute atomic E-state index is 0.206. The molecule has 2 atom stereocenters. The van der Waals surface area contributed by atoms with Gasteiger partial charge in [-0.25, -0.2) is 0 Å². The lowest BCUT2D eigenvalue weighted by atomic mass is 10.1. The van der Waals surface area contributed by atoms with Crippen LogP contribution in [0.3, 0.4) is 0 Å². The van der Waals surface area contributed by atoms with E-state index in [1.54, 1.807) is 19.1 Å². The predicted molar refractivity (Wildman–Crippen MR) is 54.6 cm³/mol. The van der Waals surface area contributed by atoms with Crippen LogP contribution in [0, 0.1) is 0 Å². The van der Waals surface area contributed by atoms with Gasteiger partial charge in [0.25, 0.3) is 0 Å². The fraction of sp³-hybridized carbons (Fsp3) is 0.455. The second-order valence-electron chi connectivity index (χ2n) is 3.61. The molecule has 0 aliphatic rings. The molecule has 2 N–H and O–H groups in total. The highest BCUT2D eigenvalue weighted by Gasteiger charge is 2.38. The summed E-state index contributed by atoms with van der Waals surface area (Å²) in [4.78, 5) is 0. The van der Waals surface area contributed by atoms with Crippen LogP contribution in [-0.2, 0) is 0 Å². The van der Waals surface area contributed by atoms with Crippen molar-refractivity contribution in [1.82, 2.24) is 0 Å². The van der Waals surface area contributed by atoms with Crippen molar-refractivity contribution in [3.63, 3.8) is 0 Å². The van der Waals surface area contributed by atoms with Crippen molar-refractivity contribution in [1.29, 1.82) is 0 Å². The molecule has 17 heavy (non-hydrogen) atoms. The third-order valence-electron chi connectivity index (χ3n) is 2.15. The number of alkyl halides is 3. The fourth-order valence-corrected chi connectivity index (χ4v) is 1.11. The highest BCUT2D eigenvalue weighted by atomic mass is 19.4. The first-order valence-corrected chi connectivity index (χ1v) is 4.96. The van der Waals surface area contributed by atoms with E-state index < -0.39 is 25.0 Å². The summed E-state index contributed by atoms with van der Waals surface area (Å²) in [6, 6.07) is 5.95. The molecule has 0 spiro atoms. The molecule has 0 aliphatic heterocycles. The van der Waals surface area contributed by atoms with Gasteiger partial charge in [-0.3, -0.25) is 0 Å². The monoisotopic (exact) mass is 250 g/mol. The Morgan fingerprint density at radius 1 is 1.18 bits per heavy atom. The molecular formula is C11H13F3O3. The van der Waals surface area contributed by atoms with Crippen molar-refractivity contribution in [2.75, 3.05) is 6.61 Å². The second-order valence-corrected chi connectivity index (χ2v) is 3.61. The summed E-state index contributed by atoms with van der Waals surface area (Å²) in [5.74, 6) is 0.206. The topological polar surface area (TPSA) is 49.7 Å². The molecule has 0 aliphatic carbocycles. The van der Waals surface area contributed by atoms with Gasteiger partial charge in [-0.2, -0.15) is 13.2 Å². The van der Waals surface area contributed by atoms with E-state index in [1.807, 2.05) is 0 Å². The van der Waals surface area contributed by atoms with Crippen molar-refractivity contribution in [2.24, 2.45) is 0 Å². The molecule has 96 valence electrons. The van der Waals surface area contributed by atoms with E-state index in [4.69, 9.17) is 9.84 Å². The van der Waals surface area contributed by atoms with Gasteiger partial charge in [-0.05, 0) is 24.6 Å². The Balaban J connectivity index is 2.53. The summed E-state index contributed by atoms with van der Waals surface area (Å²) in [5, 5.41) is 17.9. The first-order valence-electron chi connectivity index (χ1n) is 4.96. The molecule has 2 unspecified atom stereocenters. The number of hydrogen-bond acceptors (Lipinski definition) is 3. The van der Waals surface area contributed by atoms with Crippen LogP contribution >= 0.6 is 0 Å². The maximum atomic E-state index is 12.0. The van der Waals surface area contributed by atoms with Crippen LogP contribution in [0.25, 0.3) is 0 Å². The molecule has 0 radical (unpaired) electrons. The molecule has 0 bridgehead atoms. The molecule has 0 heterocycles. The number of aliphatic hydroxyl groups is 2. The summed E-state index contributed by atoms with van der Waals surface area (Å²) >= 11 is 0. The van der Waals surface area contributed by atoms with Gasteiger partial charge in [-0.15, -0.1) is 0 Å². The molecule has 1 aromatic rings. The number of rotatable bonds is 4. The minimum atomic E-state index is -4.68. The van der Waals surface area contributed by atoms with Gasteiger partial charge in [0, 0.05) is 0 Å². The second kappa shape index (κ2) is 5.37. The predicted octanol–water partition coefficient (Wildman–Crippen LogP) is 2.04. The van der Waals surface area contributed by atoms with Crippen molar-refractivity contribution in [2.45, 2.75) is 25.3 Å². The van der Waals surface area contributed by atoms with Crippen molar-refractivity contribution >= 4 is 0 Å². The Hall–Kier alpha value is -1.27. The van der Waals surface area contributed by atoms with Gasteiger partial charge >= 0.3 is 6.18 Å². The van der Waals surface area contributed by atoms with Crippen LogP contribution < -0.4 is 4.74 Å². The van der Waals surface area contributed by atoms with Crippen LogP contribution in [-0.4, -0.2) is 29.1 Å². The zero-order valence-electron chi connectivity index (χ0n) is 9.11. The van der Waals surface area contributed by atoms with E-state index in [0.717, 1.165) is 0 Å². The summed E-state index contributed by atoms with van der Waals surface area (Å²) < 4.78 is 40.7. The van der Waals surface area contributed by atoms with Crippen molar-refractivity contribution in [3.8, 4) is 5.75 Å². The number of halogens is 3. The molecule has 3 nitrogen and oxygen atoms in total. The van der Waals surface area contributed by atoms with Crippen LogP contribution in [0.2, 0.25) is 0 Å². The zero-order chi connectivity index (χ0) is 13.1. The van der Waals surface area contributed by atoms with Gasteiger partial charge in [0.2, 0.25) is 0 Å². The molecule has 0 amide bonds. The molecule has 0 saturated heterocycles. The summed E-state index contributed by atoms with van der Waals surface area (Å²) in [6.07, 6.45) is -7.83. The quantitative estimate of drug-likeness (QED) is 0.859. The molecule has 0 fully saturated rings. The summed E-state index contributed by atoms with van der Waals surface area (Å²) in [6.45, 7) is 0.723. The van der Waals surface area contributed by atoms with E-state index in [0.29, 0.717) is 5.56 Å². The van der Waals surface area contributed by atoms with Crippen molar-refractivity contribution in [3.05, 3.63) is 29.8 Å². The normalized spacial score (nSPS) is 15.4. The standard InChI is InChI=1S/C11H13F3O3/c1-7(15)8-2-4-9(5-3-8)17-6-10(16)11(12,13)14/h2-5,7,10,15-16H,6H2,1H3. The van der Waals surface area contributed by atoms with Crippen LogP contribution in [0.15, 0.2) is 24.3 Å². The smallest absolute Gasteiger partial charge is 0.417 e.